The Morgan fingerprint density at radius 1 is 1.53 bits per heavy atom. The molecule has 2 unspecified atom stereocenters. The minimum atomic E-state index is 0.215. The van der Waals surface area contributed by atoms with Crippen LogP contribution in [0.4, 0.5) is 0 Å². The molecule has 0 aliphatic carbocycles. The molecule has 3 N–H and O–H groups in total. The number of nitrogens with two attached hydrogens (primary N) is 1. The van der Waals surface area contributed by atoms with E-state index in [1.807, 2.05) is 0 Å². The van der Waals surface area contributed by atoms with Crippen LogP contribution in [0.3, 0.4) is 0 Å². The Morgan fingerprint density at radius 2 is 2.40 bits per heavy atom. The summed E-state index contributed by atoms with van der Waals surface area (Å²) in [5.74, 6) is 6.13. The third-order valence-electron chi connectivity index (χ3n) is 3.02. The van der Waals surface area contributed by atoms with E-state index in [4.69, 9.17) is 10.6 Å². The third kappa shape index (κ3) is 2.37. The van der Waals surface area contributed by atoms with Gasteiger partial charge in [-0.1, -0.05) is 29.8 Å². The summed E-state index contributed by atoms with van der Waals surface area (Å²) in [6, 6.07) is 8.69. The lowest BCUT2D eigenvalue weighted by molar-refractivity contribution is 0.177. The van der Waals surface area contributed by atoms with Gasteiger partial charge in [0, 0.05) is 12.5 Å². The molecular formula is C12H18N2O. The monoisotopic (exact) mass is 206 g/mol. The highest BCUT2D eigenvalue weighted by atomic mass is 16.5. The summed E-state index contributed by atoms with van der Waals surface area (Å²) in [6.07, 6.45) is 1.09. The van der Waals surface area contributed by atoms with E-state index in [1.165, 1.54) is 11.1 Å². The molecule has 0 radical (unpaired) electrons. The second-order valence-electron chi connectivity index (χ2n) is 4.18. The van der Waals surface area contributed by atoms with Gasteiger partial charge in [0.1, 0.15) is 0 Å². The Hall–Kier alpha value is -0.900. The largest absolute Gasteiger partial charge is 0.381 e. The number of nitrogens with one attached hydrogen (secondary N) is 1. The molecule has 1 aliphatic rings. The number of hydrogen-bond donors (Lipinski definition) is 2. The van der Waals surface area contributed by atoms with Crippen LogP contribution in [0.2, 0.25) is 0 Å². The van der Waals surface area contributed by atoms with E-state index in [9.17, 15) is 0 Å². The van der Waals surface area contributed by atoms with Gasteiger partial charge in [0.15, 0.2) is 0 Å². The van der Waals surface area contributed by atoms with Crippen molar-refractivity contribution in [2.75, 3.05) is 13.2 Å². The predicted molar refractivity (Wildman–Crippen MR) is 60.2 cm³/mol. The molecule has 3 nitrogen and oxygen atoms in total. The van der Waals surface area contributed by atoms with Gasteiger partial charge < -0.3 is 4.74 Å². The van der Waals surface area contributed by atoms with E-state index in [2.05, 4.69) is 36.6 Å². The Labute approximate surface area is 90.6 Å². The number of ether oxygens (including phenoxy) is 1. The molecule has 1 aromatic rings. The highest BCUT2D eigenvalue weighted by Crippen LogP contribution is 2.28. The zero-order chi connectivity index (χ0) is 10.7. The van der Waals surface area contributed by atoms with Crippen molar-refractivity contribution in [3.05, 3.63) is 35.4 Å². The van der Waals surface area contributed by atoms with Crippen LogP contribution in [0.5, 0.6) is 0 Å². The molecule has 1 fully saturated rings. The smallest absolute Gasteiger partial charge is 0.0513 e. The molecule has 2 atom stereocenters. The average Bonchev–Trinajstić information content (AvgIpc) is 2.72. The standard InChI is InChI=1S/C12H18N2O/c1-9-3-2-4-10(7-9)12(14-13)11-5-6-15-8-11/h2-4,7,11-12,14H,5-6,8,13H2,1H3. The van der Waals surface area contributed by atoms with Crippen LogP contribution in [-0.2, 0) is 4.74 Å². The molecule has 1 heterocycles. The van der Waals surface area contributed by atoms with Crippen LogP contribution in [-0.4, -0.2) is 13.2 Å². The lowest BCUT2D eigenvalue weighted by Crippen LogP contribution is -2.33. The van der Waals surface area contributed by atoms with Gasteiger partial charge in [0.25, 0.3) is 0 Å². The summed E-state index contributed by atoms with van der Waals surface area (Å²) in [5, 5.41) is 0. The maximum absolute atomic E-state index is 5.63. The summed E-state index contributed by atoms with van der Waals surface area (Å²) >= 11 is 0. The highest BCUT2D eigenvalue weighted by molar-refractivity contribution is 5.25. The minimum absolute atomic E-state index is 0.215. The molecular weight excluding hydrogens is 188 g/mol. The van der Waals surface area contributed by atoms with Crippen LogP contribution in [0.25, 0.3) is 0 Å². The van der Waals surface area contributed by atoms with Crippen molar-refractivity contribution in [2.24, 2.45) is 11.8 Å². The van der Waals surface area contributed by atoms with Crippen molar-refractivity contribution in [3.8, 4) is 0 Å². The minimum Gasteiger partial charge on any atom is -0.381 e. The van der Waals surface area contributed by atoms with Gasteiger partial charge in [0.2, 0.25) is 0 Å². The third-order valence-corrected chi connectivity index (χ3v) is 3.02. The summed E-state index contributed by atoms with van der Waals surface area (Å²) < 4.78 is 5.40. The second-order valence-corrected chi connectivity index (χ2v) is 4.18. The summed E-state index contributed by atoms with van der Waals surface area (Å²) in [7, 11) is 0. The molecule has 0 aromatic heterocycles. The molecule has 2 rings (SSSR count). The van der Waals surface area contributed by atoms with Crippen LogP contribution < -0.4 is 11.3 Å². The number of rotatable bonds is 3. The predicted octanol–water partition coefficient (Wildman–Crippen LogP) is 1.54. The van der Waals surface area contributed by atoms with Gasteiger partial charge in [0.05, 0.1) is 12.6 Å². The first kappa shape index (κ1) is 10.6. The maximum Gasteiger partial charge on any atom is 0.0513 e. The lowest BCUT2D eigenvalue weighted by atomic mass is 9.92. The molecule has 1 saturated heterocycles. The first-order valence-electron chi connectivity index (χ1n) is 5.41. The number of benzene rings is 1. The van der Waals surface area contributed by atoms with Gasteiger partial charge in [-0.3, -0.25) is 11.3 Å². The van der Waals surface area contributed by atoms with Gasteiger partial charge >= 0.3 is 0 Å². The molecule has 15 heavy (non-hydrogen) atoms. The van der Waals surface area contributed by atoms with Crippen LogP contribution >= 0.6 is 0 Å². The lowest BCUT2D eigenvalue weighted by Gasteiger charge is -2.22. The number of aryl methyl sites for hydroxylation is 1. The Kier molecular flexibility index (Phi) is 3.36. The zero-order valence-electron chi connectivity index (χ0n) is 9.07. The number of hydrogen-bond acceptors (Lipinski definition) is 3. The van der Waals surface area contributed by atoms with E-state index >= 15 is 0 Å². The zero-order valence-corrected chi connectivity index (χ0v) is 9.07. The average molecular weight is 206 g/mol. The van der Waals surface area contributed by atoms with Crippen molar-refractivity contribution in [2.45, 2.75) is 19.4 Å². The van der Waals surface area contributed by atoms with E-state index in [0.29, 0.717) is 5.92 Å². The van der Waals surface area contributed by atoms with Crippen LogP contribution in [0.1, 0.15) is 23.6 Å². The van der Waals surface area contributed by atoms with Crippen molar-refractivity contribution < 1.29 is 4.74 Å². The van der Waals surface area contributed by atoms with Crippen LogP contribution in [0, 0.1) is 12.8 Å². The quantitative estimate of drug-likeness (QED) is 0.582. The van der Waals surface area contributed by atoms with E-state index in [1.54, 1.807) is 0 Å². The molecule has 0 spiro atoms. The topological polar surface area (TPSA) is 47.3 Å². The van der Waals surface area contributed by atoms with Crippen molar-refractivity contribution in [1.82, 2.24) is 5.43 Å². The van der Waals surface area contributed by atoms with Gasteiger partial charge in [-0.25, -0.2) is 0 Å². The second kappa shape index (κ2) is 4.75. The molecule has 0 bridgehead atoms. The van der Waals surface area contributed by atoms with Crippen molar-refractivity contribution in [3.63, 3.8) is 0 Å². The number of hydrazine groups is 1. The first-order valence-corrected chi connectivity index (χ1v) is 5.41. The fourth-order valence-electron chi connectivity index (χ4n) is 2.18. The Balaban J connectivity index is 2.18. The van der Waals surface area contributed by atoms with Crippen LogP contribution in [0.15, 0.2) is 24.3 Å². The summed E-state index contributed by atoms with van der Waals surface area (Å²) in [5.41, 5.74) is 5.43. The SMILES string of the molecule is Cc1cccc(C(NN)C2CCOC2)c1. The van der Waals surface area contributed by atoms with E-state index < -0.39 is 0 Å². The maximum atomic E-state index is 5.63. The van der Waals surface area contributed by atoms with Gasteiger partial charge in [-0.05, 0) is 18.9 Å². The first-order chi connectivity index (χ1) is 7.31. The molecule has 3 heteroatoms. The normalized spacial score (nSPS) is 22.9. The Morgan fingerprint density at radius 3 is 3.00 bits per heavy atom. The molecule has 1 aliphatic heterocycles. The highest BCUT2D eigenvalue weighted by Gasteiger charge is 2.25. The van der Waals surface area contributed by atoms with Crippen molar-refractivity contribution in [1.29, 1.82) is 0 Å². The summed E-state index contributed by atoms with van der Waals surface area (Å²) in [4.78, 5) is 0. The molecule has 0 saturated carbocycles. The van der Waals surface area contributed by atoms with Crippen molar-refractivity contribution >= 4 is 0 Å². The van der Waals surface area contributed by atoms with E-state index in [-0.39, 0.29) is 6.04 Å². The fraction of sp³-hybridized carbons (Fsp3) is 0.500. The summed E-state index contributed by atoms with van der Waals surface area (Å²) in [6.45, 7) is 3.76. The molecule has 1 aromatic carbocycles. The molecule has 0 amide bonds. The Bertz CT molecular complexity index is 321. The van der Waals surface area contributed by atoms with Gasteiger partial charge in [-0.2, -0.15) is 0 Å². The van der Waals surface area contributed by atoms with E-state index in [0.717, 1.165) is 19.6 Å². The fourth-order valence-corrected chi connectivity index (χ4v) is 2.18. The molecule has 82 valence electrons. The van der Waals surface area contributed by atoms with Gasteiger partial charge in [-0.15, -0.1) is 0 Å².